The molecule has 0 aliphatic heterocycles. The number of rotatable bonds is 0. The number of halogens is 2. The van der Waals surface area contributed by atoms with E-state index in [2.05, 4.69) is 27.6 Å². The number of hydrogen-bond acceptors (Lipinski definition) is 1. The van der Waals surface area contributed by atoms with E-state index < -0.39 is 0 Å². The summed E-state index contributed by atoms with van der Waals surface area (Å²) >= 11 is 8.11. The van der Waals surface area contributed by atoms with E-state index in [0.717, 1.165) is 14.0 Å². The molecule has 1 aromatic heterocycles. The summed E-state index contributed by atoms with van der Waals surface area (Å²) in [4.78, 5) is 4.09. The van der Waals surface area contributed by atoms with Crippen LogP contribution < -0.4 is 0 Å². The summed E-state index contributed by atoms with van der Waals surface area (Å²) in [7, 11) is 0. The summed E-state index contributed by atoms with van der Waals surface area (Å²) in [6, 6.07) is 5.83. The molecule has 0 aliphatic carbocycles. The van der Waals surface area contributed by atoms with Crippen LogP contribution in [0.2, 0.25) is 5.02 Å². The van der Waals surface area contributed by atoms with Crippen molar-refractivity contribution in [3.05, 3.63) is 39.2 Å². The molecule has 60 valence electrons. The Bertz CT molecular complexity index is 428. The number of fused-ring (bicyclic) bond motifs is 1. The second kappa shape index (κ2) is 3.18. The van der Waals surface area contributed by atoms with E-state index in [-0.39, 0.29) is 0 Å². The average Bonchev–Trinajstić information content (AvgIpc) is 2.04. The fourth-order valence-electron chi connectivity index (χ4n) is 1.11. The zero-order valence-corrected chi connectivity index (χ0v) is 9.00. The van der Waals surface area contributed by atoms with E-state index in [1.165, 1.54) is 5.39 Å². The zero-order chi connectivity index (χ0) is 8.55. The highest BCUT2D eigenvalue weighted by atomic mass is 127. The highest BCUT2D eigenvalue weighted by molar-refractivity contribution is 14.1. The Morgan fingerprint density at radius 2 is 2.08 bits per heavy atom. The molecule has 2 rings (SSSR count). The van der Waals surface area contributed by atoms with Gasteiger partial charge in [-0.1, -0.05) is 17.7 Å². The van der Waals surface area contributed by atoms with Crippen LogP contribution in [0.5, 0.6) is 0 Å². The predicted molar refractivity (Wildman–Crippen MR) is 59.5 cm³/mol. The molecule has 1 heterocycles. The molecule has 0 N–H and O–H groups in total. The molecule has 0 bridgehead atoms. The number of aromatic nitrogens is 1. The Hall–Kier alpha value is -0.350. The van der Waals surface area contributed by atoms with Gasteiger partial charge >= 0.3 is 0 Å². The van der Waals surface area contributed by atoms with Gasteiger partial charge in [0.15, 0.2) is 0 Å². The van der Waals surface area contributed by atoms with Crippen LogP contribution >= 0.6 is 34.2 Å². The third-order valence-corrected chi connectivity index (χ3v) is 2.77. The molecule has 1 aromatic carbocycles. The second-order valence-electron chi connectivity index (χ2n) is 2.49. The SMILES string of the molecule is Clc1ccc2c(I)cncc2c1. The first-order valence-electron chi connectivity index (χ1n) is 3.46. The van der Waals surface area contributed by atoms with Crippen LogP contribution in [0.25, 0.3) is 10.8 Å². The van der Waals surface area contributed by atoms with Crippen molar-refractivity contribution in [1.82, 2.24) is 4.98 Å². The van der Waals surface area contributed by atoms with E-state index in [4.69, 9.17) is 11.6 Å². The van der Waals surface area contributed by atoms with Crippen LogP contribution in [0.4, 0.5) is 0 Å². The van der Waals surface area contributed by atoms with Gasteiger partial charge in [-0.25, -0.2) is 0 Å². The first-order chi connectivity index (χ1) is 5.77. The number of hydrogen-bond donors (Lipinski definition) is 0. The largest absolute Gasteiger partial charge is 0.263 e. The lowest BCUT2D eigenvalue weighted by atomic mass is 10.2. The normalized spacial score (nSPS) is 10.5. The molecule has 12 heavy (non-hydrogen) atoms. The van der Waals surface area contributed by atoms with Gasteiger partial charge in [-0.2, -0.15) is 0 Å². The van der Waals surface area contributed by atoms with Crippen LogP contribution in [0, 0.1) is 3.57 Å². The Labute approximate surface area is 88.9 Å². The molecule has 3 heteroatoms. The fraction of sp³-hybridized carbons (Fsp3) is 0. The van der Waals surface area contributed by atoms with Crippen molar-refractivity contribution >= 4 is 45.0 Å². The molecule has 0 fully saturated rings. The number of benzene rings is 1. The molecule has 0 atom stereocenters. The van der Waals surface area contributed by atoms with E-state index in [9.17, 15) is 0 Å². The van der Waals surface area contributed by atoms with Gasteiger partial charge in [0.25, 0.3) is 0 Å². The van der Waals surface area contributed by atoms with Crippen molar-refractivity contribution in [2.75, 3.05) is 0 Å². The van der Waals surface area contributed by atoms with Crippen molar-refractivity contribution < 1.29 is 0 Å². The number of pyridine rings is 1. The molecule has 1 nitrogen and oxygen atoms in total. The van der Waals surface area contributed by atoms with Crippen LogP contribution in [0.15, 0.2) is 30.6 Å². The van der Waals surface area contributed by atoms with Crippen LogP contribution in [0.3, 0.4) is 0 Å². The molecular weight excluding hydrogens is 284 g/mol. The molecule has 2 aromatic rings. The van der Waals surface area contributed by atoms with Crippen molar-refractivity contribution in [3.63, 3.8) is 0 Å². The lowest BCUT2D eigenvalue weighted by Gasteiger charge is -1.98. The maximum absolute atomic E-state index is 5.84. The number of nitrogens with zero attached hydrogens (tertiary/aromatic N) is 1. The van der Waals surface area contributed by atoms with E-state index in [0.29, 0.717) is 0 Å². The van der Waals surface area contributed by atoms with Gasteiger partial charge in [0.2, 0.25) is 0 Å². The Morgan fingerprint density at radius 3 is 2.92 bits per heavy atom. The van der Waals surface area contributed by atoms with Gasteiger partial charge in [-0.15, -0.1) is 0 Å². The highest BCUT2D eigenvalue weighted by Gasteiger charge is 1.97. The quantitative estimate of drug-likeness (QED) is 0.677. The first-order valence-corrected chi connectivity index (χ1v) is 4.92. The van der Waals surface area contributed by atoms with Crippen molar-refractivity contribution in [2.45, 2.75) is 0 Å². The maximum atomic E-state index is 5.84. The molecule has 0 amide bonds. The van der Waals surface area contributed by atoms with Gasteiger partial charge in [0.1, 0.15) is 0 Å². The Kier molecular flexibility index (Phi) is 2.19. The predicted octanol–water partition coefficient (Wildman–Crippen LogP) is 3.49. The lowest BCUT2D eigenvalue weighted by Crippen LogP contribution is -1.79. The zero-order valence-electron chi connectivity index (χ0n) is 6.09. The van der Waals surface area contributed by atoms with Crippen molar-refractivity contribution in [3.8, 4) is 0 Å². The molecule has 0 saturated heterocycles. The van der Waals surface area contributed by atoms with Gasteiger partial charge in [-0.05, 0) is 40.1 Å². The summed E-state index contributed by atoms with van der Waals surface area (Å²) in [5, 5.41) is 3.05. The highest BCUT2D eigenvalue weighted by Crippen LogP contribution is 2.22. The summed E-state index contributed by atoms with van der Waals surface area (Å²) in [5.74, 6) is 0. The molecule has 0 spiro atoms. The third kappa shape index (κ3) is 1.41. The third-order valence-electron chi connectivity index (χ3n) is 1.67. The van der Waals surface area contributed by atoms with Crippen LogP contribution in [-0.4, -0.2) is 4.98 Å². The smallest absolute Gasteiger partial charge is 0.0412 e. The summed E-state index contributed by atoms with van der Waals surface area (Å²) in [5.41, 5.74) is 0. The monoisotopic (exact) mass is 289 g/mol. The van der Waals surface area contributed by atoms with Crippen LogP contribution in [-0.2, 0) is 0 Å². The first kappa shape index (κ1) is 8.26. The Balaban J connectivity index is 2.86. The van der Waals surface area contributed by atoms with Gasteiger partial charge in [0, 0.05) is 26.4 Å². The summed E-state index contributed by atoms with van der Waals surface area (Å²) < 4.78 is 1.15. The fourth-order valence-corrected chi connectivity index (χ4v) is 1.94. The van der Waals surface area contributed by atoms with Crippen molar-refractivity contribution in [2.24, 2.45) is 0 Å². The van der Waals surface area contributed by atoms with Crippen LogP contribution in [0.1, 0.15) is 0 Å². The van der Waals surface area contributed by atoms with Gasteiger partial charge in [0.05, 0.1) is 0 Å². The topological polar surface area (TPSA) is 12.9 Å². The summed E-state index contributed by atoms with van der Waals surface area (Å²) in [6.07, 6.45) is 3.67. The van der Waals surface area contributed by atoms with E-state index in [1.54, 1.807) is 0 Å². The minimum absolute atomic E-state index is 0.756. The minimum Gasteiger partial charge on any atom is -0.263 e. The van der Waals surface area contributed by atoms with E-state index in [1.807, 2.05) is 30.6 Å². The maximum Gasteiger partial charge on any atom is 0.0412 e. The standard InChI is InChI=1S/C9H5ClIN/c10-7-1-2-8-6(3-7)4-12-5-9(8)11/h1-5H. The lowest BCUT2D eigenvalue weighted by molar-refractivity contribution is 1.35. The van der Waals surface area contributed by atoms with Gasteiger partial charge in [-0.3, -0.25) is 4.98 Å². The average molecular weight is 290 g/mol. The van der Waals surface area contributed by atoms with E-state index >= 15 is 0 Å². The molecule has 0 unspecified atom stereocenters. The molecule has 0 radical (unpaired) electrons. The van der Waals surface area contributed by atoms with Gasteiger partial charge < -0.3 is 0 Å². The van der Waals surface area contributed by atoms with Crippen molar-refractivity contribution in [1.29, 1.82) is 0 Å². The minimum atomic E-state index is 0.756. The second-order valence-corrected chi connectivity index (χ2v) is 4.09. The summed E-state index contributed by atoms with van der Waals surface area (Å²) in [6.45, 7) is 0. The Morgan fingerprint density at radius 1 is 1.25 bits per heavy atom. The molecular formula is C9H5ClIN. The molecule has 0 aliphatic rings. The molecule has 0 saturated carbocycles.